The molecule has 0 bridgehead atoms. The summed E-state index contributed by atoms with van der Waals surface area (Å²) in [6.07, 6.45) is 3.07. The van der Waals surface area contributed by atoms with Gasteiger partial charge in [-0.3, -0.25) is 0 Å². The summed E-state index contributed by atoms with van der Waals surface area (Å²) >= 11 is 1.36. The van der Waals surface area contributed by atoms with Crippen LogP contribution in [0.2, 0.25) is 0 Å². The van der Waals surface area contributed by atoms with Gasteiger partial charge in [-0.15, -0.1) is 0 Å². The van der Waals surface area contributed by atoms with Crippen LogP contribution in [0, 0.1) is 0 Å². The lowest BCUT2D eigenvalue weighted by Crippen LogP contribution is -2.15. The molecule has 1 atom stereocenters. The highest BCUT2D eigenvalue weighted by molar-refractivity contribution is 8.13. The van der Waals surface area contributed by atoms with Crippen LogP contribution < -0.4 is 0 Å². The number of carboxylic acids is 1. The maximum absolute atomic E-state index is 10.5. The molecule has 0 aromatic rings. The quantitative estimate of drug-likeness (QED) is 0.658. The summed E-state index contributed by atoms with van der Waals surface area (Å²) in [5.74, 6) is -1.07. The highest BCUT2D eigenvalue weighted by Gasteiger charge is 2.26. The van der Waals surface area contributed by atoms with Gasteiger partial charge in [-0.05, 0) is 12.2 Å². The van der Waals surface area contributed by atoms with Gasteiger partial charge in [0.25, 0.3) is 0 Å². The number of allylic oxidation sites excluding steroid dienone is 2. The molecule has 2 aliphatic rings. The van der Waals surface area contributed by atoms with Gasteiger partial charge < -0.3 is 9.84 Å². The van der Waals surface area contributed by atoms with Gasteiger partial charge in [0.1, 0.15) is 0 Å². The molecule has 0 spiro atoms. The molecule has 1 unspecified atom stereocenters. The predicted molar refractivity (Wildman–Crippen MR) is 44.8 cm³/mol. The Hall–Kier alpha value is -1.23. The van der Waals surface area contributed by atoms with Crippen molar-refractivity contribution in [2.45, 2.75) is 5.44 Å². The summed E-state index contributed by atoms with van der Waals surface area (Å²) in [5.41, 5.74) is 2.15. The Bertz CT molecular complexity index is 319. The van der Waals surface area contributed by atoms with Crippen LogP contribution in [0.15, 0.2) is 28.6 Å². The van der Waals surface area contributed by atoms with Crippen molar-refractivity contribution >= 4 is 23.3 Å². The first-order valence-electron chi connectivity index (χ1n) is 3.27. The molecule has 2 rings (SSSR count). The van der Waals surface area contributed by atoms with E-state index in [2.05, 4.69) is 4.99 Å². The number of hydrogen-bond donors (Lipinski definition) is 1. The van der Waals surface area contributed by atoms with Gasteiger partial charge in [-0.2, -0.15) is 0 Å². The van der Waals surface area contributed by atoms with Crippen LogP contribution in [0.25, 0.3) is 0 Å². The number of nitrogens with zero attached hydrogens (tertiary/aromatic N) is 1. The number of aliphatic carboxylic acids is 1. The lowest BCUT2D eigenvalue weighted by Gasteiger charge is -2.16. The van der Waals surface area contributed by atoms with E-state index in [0.717, 1.165) is 5.70 Å². The molecule has 2 heterocycles. The van der Waals surface area contributed by atoms with E-state index in [0.29, 0.717) is 0 Å². The van der Waals surface area contributed by atoms with Crippen LogP contribution in [0.5, 0.6) is 0 Å². The van der Waals surface area contributed by atoms with E-state index < -0.39 is 5.97 Å². The molecule has 4 nitrogen and oxygen atoms in total. The Balaban J connectivity index is 2.25. The summed E-state index contributed by atoms with van der Waals surface area (Å²) in [6.45, 7) is 0. The van der Waals surface area contributed by atoms with Gasteiger partial charge >= 0.3 is 5.97 Å². The van der Waals surface area contributed by atoms with E-state index in [1.54, 1.807) is 11.6 Å². The zero-order valence-electron chi connectivity index (χ0n) is 5.93. The minimum atomic E-state index is -1.04. The molecule has 0 amide bonds. The van der Waals surface area contributed by atoms with E-state index in [9.17, 15) is 4.79 Å². The van der Waals surface area contributed by atoms with Crippen molar-refractivity contribution in [2.75, 3.05) is 0 Å². The van der Waals surface area contributed by atoms with Gasteiger partial charge in [0, 0.05) is 0 Å². The molecule has 0 saturated heterocycles. The summed E-state index contributed by atoms with van der Waals surface area (Å²) in [6, 6.07) is 0. The molecule has 0 fully saturated rings. The van der Waals surface area contributed by atoms with Gasteiger partial charge in [0.15, 0.2) is 5.44 Å². The second-order valence-corrected chi connectivity index (χ2v) is 3.16. The van der Waals surface area contributed by atoms with Gasteiger partial charge in [-0.1, -0.05) is 11.8 Å². The number of aliphatic imine (C=N–C) groups is 1. The average Bonchev–Trinajstić information content (AvgIpc) is 2.49. The number of fused-ring (bicyclic) bond motifs is 1. The molecular formula is C7H5NO3S. The first-order valence-corrected chi connectivity index (χ1v) is 4.21. The lowest BCUT2D eigenvalue weighted by atomic mass is 10.3. The second kappa shape index (κ2) is 2.67. The highest BCUT2D eigenvalue weighted by atomic mass is 32.2. The number of hydrogen-bond acceptors (Lipinski definition) is 4. The highest BCUT2D eigenvalue weighted by Crippen LogP contribution is 2.31. The standard InChI is InChI=1S/C7H5NO3S/c9-6(10)5-2-1-4-7(11-5)12-3-8-4/h1-3,7H,(H,9,10). The van der Waals surface area contributed by atoms with E-state index in [4.69, 9.17) is 9.84 Å². The van der Waals surface area contributed by atoms with Crippen molar-refractivity contribution < 1.29 is 14.6 Å². The van der Waals surface area contributed by atoms with Crippen molar-refractivity contribution in [1.29, 1.82) is 0 Å². The fourth-order valence-corrected chi connectivity index (χ4v) is 1.66. The molecule has 0 radical (unpaired) electrons. The fraction of sp³-hybridized carbons (Fsp3) is 0.143. The molecule has 62 valence electrons. The molecule has 0 aromatic heterocycles. The fourth-order valence-electron chi connectivity index (χ4n) is 0.924. The monoisotopic (exact) mass is 183 g/mol. The number of thioether (sulfide) groups is 1. The lowest BCUT2D eigenvalue weighted by molar-refractivity contribution is -0.136. The molecule has 0 aliphatic carbocycles. The van der Waals surface area contributed by atoms with Crippen LogP contribution in [0.4, 0.5) is 0 Å². The Labute approximate surface area is 72.6 Å². The number of rotatable bonds is 1. The van der Waals surface area contributed by atoms with Crippen LogP contribution in [0.1, 0.15) is 0 Å². The third kappa shape index (κ3) is 1.12. The Morgan fingerprint density at radius 1 is 1.67 bits per heavy atom. The summed E-state index contributed by atoms with van der Waals surface area (Å²) < 4.78 is 5.10. The normalized spacial score (nSPS) is 25.5. The van der Waals surface area contributed by atoms with Crippen molar-refractivity contribution in [1.82, 2.24) is 0 Å². The first-order chi connectivity index (χ1) is 5.77. The van der Waals surface area contributed by atoms with E-state index in [1.807, 2.05) is 0 Å². The number of carboxylic acid groups (broad SMARTS) is 1. The van der Waals surface area contributed by atoms with E-state index in [-0.39, 0.29) is 11.2 Å². The summed E-state index contributed by atoms with van der Waals surface area (Å²) in [5, 5.41) is 8.59. The zero-order valence-corrected chi connectivity index (χ0v) is 6.75. The topological polar surface area (TPSA) is 58.9 Å². The van der Waals surface area contributed by atoms with Crippen molar-refractivity contribution in [2.24, 2.45) is 4.99 Å². The predicted octanol–water partition coefficient (Wildman–Crippen LogP) is 0.970. The minimum Gasteiger partial charge on any atom is -0.475 e. The second-order valence-electron chi connectivity index (χ2n) is 2.25. The maximum Gasteiger partial charge on any atom is 0.371 e. The van der Waals surface area contributed by atoms with Crippen LogP contribution >= 0.6 is 11.8 Å². The Kier molecular flexibility index (Phi) is 1.65. The van der Waals surface area contributed by atoms with E-state index >= 15 is 0 Å². The van der Waals surface area contributed by atoms with Crippen molar-refractivity contribution in [3.05, 3.63) is 23.6 Å². The molecule has 0 aromatic carbocycles. The molecule has 5 heteroatoms. The summed E-state index contributed by atoms with van der Waals surface area (Å²) in [4.78, 5) is 14.5. The first kappa shape index (κ1) is 7.42. The number of carbonyl (C=O) groups is 1. The SMILES string of the molecule is O=C(O)C1=CC=C2N=CSC2O1. The minimum absolute atomic E-state index is 0.0262. The maximum atomic E-state index is 10.5. The Morgan fingerprint density at radius 2 is 2.50 bits per heavy atom. The zero-order chi connectivity index (χ0) is 8.55. The van der Waals surface area contributed by atoms with Crippen molar-refractivity contribution in [3.8, 4) is 0 Å². The molecule has 0 saturated carbocycles. The summed E-state index contributed by atoms with van der Waals surface area (Å²) in [7, 11) is 0. The largest absolute Gasteiger partial charge is 0.475 e. The third-order valence-electron chi connectivity index (χ3n) is 1.48. The third-order valence-corrected chi connectivity index (χ3v) is 2.29. The van der Waals surface area contributed by atoms with Gasteiger partial charge in [0.05, 0.1) is 11.2 Å². The van der Waals surface area contributed by atoms with Gasteiger partial charge in [-0.25, -0.2) is 9.79 Å². The Morgan fingerprint density at radius 3 is 3.25 bits per heavy atom. The van der Waals surface area contributed by atoms with E-state index in [1.165, 1.54) is 17.8 Å². The van der Waals surface area contributed by atoms with Crippen LogP contribution in [-0.2, 0) is 9.53 Å². The van der Waals surface area contributed by atoms with Crippen LogP contribution in [0.3, 0.4) is 0 Å². The molecule has 12 heavy (non-hydrogen) atoms. The molecule has 2 aliphatic heterocycles. The van der Waals surface area contributed by atoms with Crippen molar-refractivity contribution in [3.63, 3.8) is 0 Å². The number of ether oxygens (including phenoxy) is 1. The van der Waals surface area contributed by atoms with Gasteiger partial charge in [0.2, 0.25) is 5.76 Å². The smallest absolute Gasteiger partial charge is 0.371 e. The van der Waals surface area contributed by atoms with Crippen LogP contribution in [-0.4, -0.2) is 22.1 Å². The average molecular weight is 183 g/mol. The molecule has 1 N–H and O–H groups in total. The molecular weight excluding hydrogens is 178 g/mol.